The maximum Gasteiger partial charge on any atom is 0.431 e. The molecular formula is C7H5FNO2. The van der Waals surface area contributed by atoms with E-state index in [2.05, 4.69) is 4.74 Å². The molecule has 0 spiro atoms. The zero-order chi connectivity index (χ0) is 8.27. The standard InChI is InChI=1S/C7H5FNO2/c8-5-1-3-6(4-2-5)11-7(9)10/h1-4,9H. The molecule has 4 heteroatoms. The van der Waals surface area contributed by atoms with Gasteiger partial charge in [0.2, 0.25) is 0 Å². The topological polar surface area (TPSA) is 50.1 Å². The average Bonchev–Trinajstić information content (AvgIpc) is 1.93. The Bertz CT molecular complexity index is 258. The van der Waals surface area contributed by atoms with Crippen molar-refractivity contribution in [1.82, 2.24) is 5.73 Å². The number of benzene rings is 1. The van der Waals surface area contributed by atoms with Gasteiger partial charge in [-0.3, -0.25) is 0 Å². The molecule has 0 saturated carbocycles. The first-order valence-electron chi connectivity index (χ1n) is 2.87. The van der Waals surface area contributed by atoms with Crippen LogP contribution < -0.4 is 10.5 Å². The molecule has 1 aromatic rings. The van der Waals surface area contributed by atoms with Gasteiger partial charge in [0.05, 0.1) is 0 Å². The predicted octanol–water partition coefficient (Wildman–Crippen LogP) is 1.61. The van der Waals surface area contributed by atoms with Gasteiger partial charge >= 0.3 is 6.09 Å². The fraction of sp³-hybridized carbons (Fsp3) is 0. The Balaban J connectivity index is 2.74. The first kappa shape index (κ1) is 7.53. The van der Waals surface area contributed by atoms with E-state index in [0.29, 0.717) is 0 Å². The molecule has 1 radical (unpaired) electrons. The minimum Gasteiger partial charge on any atom is -0.409 e. The second-order valence-electron chi connectivity index (χ2n) is 1.84. The van der Waals surface area contributed by atoms with Crippen LogP contribution in [0.15, 0.2) is 24.3 Å². The lowest BCUT2D eigenvalue weighted by atomic mass is 10.3. The first-order valence-corrected chi connectivity index (χ1v) is 2.87. The van der Waals surface area contributed by atoms with Crippen molar-refractivity contribution < 1.29 is 13.9 Å². The maximum absolute atomic E-state index is 12.2. The van der Waals surface area contributed by atoms with Crippen LogP contribution in [0.2, 0.25) is 0 Å². The molecule has 0 aliphatic rings. The number of carbonyl (C=O) groups excluding carboxylic acids is 1. The number of rotatable bonds is 1. The van der Waals surface area contributed by atoms with E-state index in [9.17, 15) is 9.18 Å². The summed E-state index contributed by atoms with van der Waals surface area (Å²) in [5.41, 5.74) is 6.41. The fourth-order valence-corrected chi connectivity index (χ4v) is 0.610. The molecule has 0 fully saturated rings. The lowest BCUT2D eigenvalue weighted by Gasteiger charge is -1.97. The largest absolute Gasteiger partial charge is 0.431 e. The van der Waals surface area contributed by atoms with E-state index in [4.69, 9.17) is 5.73 Å². The Labute approximate surface area is 62.6 Å². The number of nitrogens with one attached hydrogen (secondary N) is 1. The van der Waals surface area contributed by atoms with Crippen LogP contribution in [0, 0.1) is 5.82 Å². The van der Waals surface area contributed by atoms with E-state index in [1.807, 2.05) is 0 Å². The van der Waals surface area contributed by atoms with Crippen LogP contribution in [0.5, 0.6) is 5.75 Å². The van der Waals surface area contributed by atoms with Crippen molar-refractivity contribution in [3.63, 3.8) is 0 Å². The van der Waals surface area contributed by atoms with E-state index in [-0.39, 0.29) is 5.75 Å². The molecule has 11 heavy (non-hydrogen) atoms. The predicted molar refractivity (Wildman–Crippen MR) is 35.5 cm³/mol. The van der Waals surface area contributed by atoms with Crippen molar-refractivity contribution in [1.29, 1.82) is 0 Å². The number of ether oxygens (including phenoxy) is 1. The zero-order valence-corrected chi connectivity index (χ0v) is 5.50. The third kappa shape index (κ3) is 2.25. The molecule has 0 heterocycles. The monoisotopic (exact) mass is 154 g/mol. The molecule has 1 aromatic carbocycles. The van der Waals surface area contributed by atoms with Gasteiger partial charge in [-0.2, -0.15) is 0 Å². The summed E-state index contributed by atoms with van der Waals surface area (Å²) in [5, 5.41) is 0. The molecule has 0 bridgehead atoms. The van der Waals surface area contributed by atoms with Crippen molar-refractivity contribution in [3.05, 3.63) is 30.1 Å². The lowest BCUT2D eigenvalue weighted by molar-refractivity contribution is 0.209. The van der Waals surface area contributed by atoms with E-state index in [0.717, 1.165) is 12.1 Å². The second-order valence-corrected chi connectivity index (χ2v) is 1.84. The van der Waals surface area contributed by atoms with Gasteiger partial charge in [0.1, 0.15) is 11.6 Å². The van der Waals surface area contributed by atoms with Crippen molar-refractivity contribution in [3.8, 4) is 5.75 Å². The minimum atomic E-state index is -1.16. The fourth-order valence-electron chi connectivity index (χ4n) is 0.610. The lowest BCUT2D eigenvalue weighted by Crippen LogP contribution is -2.04. The molecule has 0 atom stereocenters. The summed E-state index contributed by atoms with van der Waals surface area (Å²) in [6.07, 6.45) is -1.16. The summed E-state index contributed by atoms with van der Waals surface area (Å²) >= 11 is 0. The Hall–Kier alpha value is -1.58. The van der Waals surface area contributed by atoms with Gasteiger partial charge in [-0.05, 0) is 24.3 Å². The smallest absolute Gasteiger partial charge is 0.409 e. The summed E-state index contributed by atoms with van der Waals surface area (Å²) in [5.74, 6) is -0.235. The molecule has 0 aromatic heterocycles. The Morgan fingerprint density at radius 1 is 1.36 bits per heavy atom. The molecule has 1 amide bonds. The Kier molecular flexibility index (Phi) is 2.06. The molecule has 0 aliphatic carbocycles. The number of halogens is 1. The molecule has 0 unspecified atom stereocenters. The van der Waals surface area contributed by atoms with Gasteiger partial charge in [0.25, 0.3) is 0 Å². The van der Waals surface area contributed by atoms with Crippen LogP contribution >= 0.6 is 0 Å². The molecule has 1 rings (SSSR count). The quantitative estimate of drug-likeness (QED) is 0.616. The van der Waals surface area contributed by atoms with E-state index in [1.54, 1.807) is 0 Å². The van der Waals surface area contributed by atoms with Crippen LogP contribution in [0.3, 0.4) is 0 Å². The maximum atomic E-state index is 12.2. The number of hydrogen-bond acceptors (Lipinski definition) is 2. The molecule has 57 valence electrons. The number of carbonyl (C=O) groups is 1. The van der Waals surface area contributed by atoms with Gasteiger partial charge < -0.3 is 4.74 Å². The highest BCUT2D eigenvalue weighted by molar-refractivity contribution is 5.67. The van der Waals surface area contributed by atoms with Gasteiger partial charge in [0, 0.05) is 0 Å². The normalized spacial score (nSPS) is 9.18. The number of amides is 1. The first-order chi connectivity index (χ1) is 5.18. The van der Waals surface area contributed by atoms with E-state index in [1.165, 1.54) is 12.1 Å². The SMILES string of the molecule is [NH]C(=O)Oc1ccc(F)cc1. The number of hydrogen-bond donors (Lipinski definition) is 0. The molecular weight excluding hydrogens is 149 g/mol. The summed E-state index contributed by atoms with van der Waals surface area (Å²) in [6.45, 7) is 0. The van der Waals surface area contributed by atoms with Gasteiger partial charge in [0.15, 0.2) is 0 Å². The van der Waals surface area contributed by atoms with Crippen LogP contribution in [0.4, 0.5) is 9.18 Å². The Morgan fingerprint density at radius 3 is 2.36 bits per heavy atom. The summed E-state index contributed by atoms with van der Waals surface area (Å²) in [7, 11) is 0. The second kappa shape index (κ2) is 3.01. The van der Waals surface area contributed by atoms with Crippen LogP contribution in [-0.4, -0.2) is 6.09 Å². The highest BCUT2D eigenvalue weighted by atomic mass is 19.1. The van der Waals surface area contributed by atoms with Crippen LogP contribution in [0.25, 0.3) is 0 Å². The molecule has 1 N–H and O–H groups in total. The van der Waals surface area contributed by atoms with Gasteiger partial charge in [-0.15, -0.1) is 0 Å². The van der Waals surface area contributed by atoms with E-state index >= 15 is 0 Å². The van der Waals surface area contributed by atoms with E-state index < -0.39 is 11.9 Å². The highest BCUT2D eigenvalue weighted by Gasteiger charge is 1.97. The summed E-state index contributed by atoms with van der Waals surface area (Å²) < 4.78 is 16.6. The molecule has 0 saturated heterocycles. The Morgan fingerprint density at radius 2 is 1.91 bits per heavy atom. The zero-order valence-electron chi connectivity index (χ0n) is 5.50. The van der Waals surface area contributed by atoms with Crippen molar-refractivity contribution in [2.45, 2.75) is 0 Å². The van der Waals surface area contributed by atoms with Crippen molar-refractivity contribution in [2.24, 2.45) is 0 Å². The van der Waals surface area contributed by atoms with Crippen molar-refractivity contribution in [2.75, 3.05) is 0 Å². The summed E-state index contributed by atoms with van der Waals surface area (Å²) in [6, 6.07) is 4.86. The molecule has 0 aliphatic heterocycles. The summed E-state index contributed by atoms with van der Waals surface area (Å²) in [4.78, 5) is 10.0. The average molecular weight is 154 g/mol. The van der Waals surface area contributed by atoms with Gasteiger partial charge in [-0.1, -0.05) is 0 Å². The van der Waals surface area contributed by atoms with Crippen LogP contribution in [-0.2, 0) is 0 Å². The molecule has 3 nitrogen and oxygen atoms in total. The highest BCUT2D eigenvalue weighted by Crippen LogP contribution is 2.10. The van der Waals surface area contributed by atoms with Crippen LogP contribution in [0.1, 0.15) is 0 Å². The van der Waals surface area contributed by atoms with Crippen molar-refractivity contribution >= 4 is 6.09 Å². The minimum absolute atomic E-state index is 0.173. The third-order valence-electron chi connectivity index (χ3n) is 1.02. The third-order valence-corrected chi connectivity index (χ3v) is 1.02. The van der Waals surface area contributed by atoms with Gasteiger partial charge in [-0.25, -0.2) is 14.9 Å².